The Morgan fingerprint density at radius 3 is 2.55 bits per heavy atom. The monoisotopic (exact) mass is 463 g/mol. The van der Waals surface area contributed by atoms with Gasteiger partial charge in [0.15, 0.2) is 0 Å². The maximum Gasteiger partial charge on any atom is 0.258 e. The minimum Gasteiger partial charge on any atom is -0.375 e. The number of pyridine rings is 1. The van der Waals surface area contributed by atoms with Gasteiger partial charge in [-0.3, -0.25) is 9.59 Å². The molecule has 5 nitrogen and oxygen atoms in total. The van der Waals surface area contributed by atoms with E-state index in [-0.39, 0.29) is 23.6 Å². The predicted molar refractivity (Wildman–Crippen MR) is 136 cm³/mol. The number of halogens is 1. The molecule has 3 aromatic rings. The van der Waals surface area contributed by atoms with Gasteiger partial charge in [0.2, 0.25) is 5.91 Å². The van der Waals surface area contributed by atoms with Crippen molar-refractivity contribution in [1.29, 1.82) is 0 Å². The average Bonchev–Trinajstić information content (AvgIpc) is 2.77. The van der Waals surface area contributed by atoms with E-state index in [9.17, 15) is 9.59 Å². The molecule has 2 heterocycles. The van der Waals surface area contributed by atoms with Crippen molar-refractivity contribution in [3.05, 3.63) is 87.8 Å². The Labute approximate surface area is 199 Å². The summed E-state index contributed by atoms with van der Waals surface area (Å²) >= 11 is 6.54. The van der Waals surface area contributed by atoms with Crippen LogP contribution in [0.25, 0.3) is 10.8 Å². The van der Waals surface area contributed by atoms with Crippen LogP contribution in [0.15, 0.2) is 66.1 Å². The van der Waals surface area contributed by atoms with E-state index in [1.807, 2.05) is 48.2 Å². The molecule has 4 rings (SSSR count). The fraction of sp³-hybridized carbons (Fsp3) is 0.333. The van der Waals surface area contributed by atoms with Crippen LogP contribution in [-0.2, 0) is 17.4 Å². The molecule has 0 spiro atoms. The van der Waals surface area contributed by atoms with Crippen molar-refractivity contribution < 1.29 is 4.79 Å². The number of nitrogens with zero attached hydrogens (tertiary/aromatic N) is 2. The number of benzene rings is 2. The standard InChI is InChI=1S/C27H30ClN3O2/c1-6-25(32)31-17(2)15-27(16-18(31)3,23-8-7-9-24(28)19(23)4)29-21-11-10-20-12-13-30(5)26(33)22(20)14-21/h6-14,17-18,29H,1,15-16H2,2-5H3/t17-,18+,27?. The topological polar surface area (TPSA) is 54.3 Å². The zero-order valence-corrected chi connectivity index (χ0v) is 20.3. The van der Waals surface area contributed by atoms with Gasteiger partial charge in [-0.25, -0.2) is 0 Å². The minimum atomic E-state index is -0.459. The number of carbonyl (C=O) groups excluding carboxylic acids is 1. The molecule has 1 aromatic heterocycles. The van der Waals surface area contributed by atoms with Crippen LogP contribution in [0.1, 0.15) is 37.8 Å². The SMILES string of the molecule is C=CC(=O)N1[C@H](C)CC(Nc2ccc3ccn(C)c(=O)c3c2)(c2cccc(Cl)c2C)C[C@@H]1C. The number of piperidine rings is 1. The molecule has 6 heteroatoms. The number of fused-ring (bicyclic) bond motifs is 1. The lowest BCUT2D eigenvalue weighted by Gasteiger charge is -2.50. The Hall–Kier alpha value is -3.05. The summed E-state index contributed by atoms with van der Waals surface area (Å²) in [4.78, 5) is 27.2. The van der Waals surface area contributed by atoms with Crippen LogP contribution >= 0.6 is 11.6 Å². The lowest BCUT2D eigenvalue weighted by atomic mass is 9.73. The van der Waals surface area contributed by atoms with E-state index >= 15 is 0 Å². The highest BCUT2D eigenvalue weighted by molar-refractivity contribution is 6.31. The van der Waals surface area contributed by atoms with Crippen LogP contribution in [0.2, 0.25) is 5.02 Å². The number of hydrogen-bond donors (Lipinski definition) is 1. The van der Waals surface area contributed by atoms with E-state index in [2.05, 4.69) is 31.8 Å². The van der Waals surface area contributed by atoms with Crippen molar-refractivity contribution >= 4 is 34.0 Å². The van der Waals surface area contributed by atoms with Crippen molar-refractivity contribution in [1.82, 2.24) is 9.47 Å². The second-order valence-electron chi connectivity index (χ2n) is 9.21. The van der Waals surface area contributed by atoms with Crippen LogP contribution in [0.5, 0.6) is 0 Å². The molecule has 0 radical (unpaired) electrons. The van der Waals surface area contributed by atoms with Crippen LogP contribution in [-0.4, -0.2) is 27.5 Å². The molecule has 1 fully saturated rings. The Morgan fingerprint density at radius 1 is 1.18 bits per heavy atom. The zero-order chi connectivity index (χ0) is 23.9. The Kier molecular flexibility index (Phi) is 6.10. The third-order valence-corrected chi connectivity index (χ3v) is 7.32. The van der Waals surface area contributed by atoms with E-state index in [0.29, 0.717) is 23.3 Å². The molecule has 0 bridgehead atoms. The number of likely N-dealkylation sites (tertiary alicyclic amines) is 1. The summed E-state index contributed by atoms with van der Waals surface area (Å²) in [5, 5.41) is 6.08. The normalized spacial score (nSPS) is 22.9. The summed E-state index contributed by atoms with van der Waals surface area (Å²) < 4.78 is 1.59. The minimum absolute atomic E-state index is 0.0153. The van der Waals surface area contributed by atoms with Gasteiger partial charge >= 0.3 is 0 Å². The van der Waals surface area contributed by atoms with Gasteiger partial charge in [-0.15, -0.1) is 0 Å². The highest BCUT2D eigenvalue weighted by Crippen LogP contribution is 2.44. The summed E-state index contributed by atoms with van der Waals surface area (Å²) in [5.41, 5.74) is 2.51. The lowest BCUT2D eigenvalue weighted by molar-refractivity contribution is -0.133. The first-order valence-corrected chi connectivity index (χ1v) is 11.6. The molecule has 1 unspecified atom stereocenters. The fourth-order valence-electron chi connectivity index (χ4n) is 5.47. The van der Waals surface area contributed by atoms with Crippen LogP contribution in [0.3, 0.4) is 0 Å². The zero-order valence-electron chi connectivity index (χ0n) is 19.6. The van der Waals surface area contributed by atoms with Gasteiger partial charge in [0, 0.05) is 41.4 Å². The van der Waals surface area contributed by atoms with Gasteiger partial charge < -0.3 is 14.8 Å². The van der Waals surface area contributed by atoms with Crippen LogP contribution in [0.4, 0.5) is 5.69 Å². The quantitative estimate of drug-likeness (QED) is 0.527. The van der Waals surface area contributed by atoms with E-state index in [1.54, 1.807) is 17.8 Å². The van der Waals surface area contributed by atoms with E-state index in [4.69, 9.17) is 11.6 Å². The molecule has 33 heavy (non-hydrogen) atoms. The van der Waals surface area contributed by atoms with Crippen LogP contribution < -0.4 is 10.9 Å². The lowest BCUT2D eigenvalue weighted by Crippen LogP contribution is -2.57. The number of carbonyl (C=O) groups is 1. The van der Waals surface area contributed by atoms with Crippen molar-refractivity contribution in [3.8, 4) is 0 Å². The molecular formula is C27H30ClN3O2. The predicted octanol–water partition coefficient (Wildman–Crippen LogP) is 5.39. The Balaban J connectivity index is 1.84. The number of hydrogen-bond acceptors (Lipinski definition) is 3. The number of nitrogens with one attached hydrogen (secondary N) is 1. The van der Waals surface area contributed by atoms with Crippen molar-refractivity contribution in [2.75, 3.05) is 5.32 Å². The maximum atomic E-state index is 12.7. The number of rotatable bonds is 4. The number of aromatic nitrogens is 1. The molecule has 1 amide bonds. The smallest absolute Gasteiger partial charge is 0.258 e. The first kappa shape index (κ1) is 23.1. The summed E-state index contributed by atoms with van der Waals surface area (Å²) in [6, 6.07) is 13.8. The molecule has 0 aliphatic carbocycles. The molecule has 1 aliphatic rings. The summed E-state index contributed by atoms with van der Waals surface area (Å²) in [6.45, 7) is 9.86. The second-order valence-corrected chi connectivity index (χ2v) is 9.62. The number of amides is 1. The molecule has 1 saturated heterocycles. The van der Waals surface area contributed by atoms with Gasteiger partial charge in [0.05, 0.1) is 5.54 Å². The number of anilines is 1. The van der Waals surface area contributed by atoms with Gasteiger partial charge in [-0.2, -0.15) is 0 Å². The molecular weight excluding hydrogens is 434 g/mol. The second kappa shape index (κ2) is 8.71. The number of aryl methyl sites for hydroxylation is 1. The first-order valence-electron chi connectivity index (χ1n) is 11.2. The molecule has 1 N–H and O–H groups in total. The third kappa shape index (κ3) is 4.06. The molecule has 2 aromatic carbocycles. The molecule has 3 atom stereocenters. The average molecular weight is 464 g/mol. The highest BCUT2D eigenvalue weighted by Gasteiger charge is 2.45. The largest absolute Gasteiger partial charge is 0.375 e. The Morgan fingerprint density at radius 2 is 1.88 bits per heavy atom. The van der Waals surface area contributed by atoms with Crippen LogP contribution in [0, 0.1) is 6.92 Å². The van der Waals surface area contributed by atoms with Gasteiger partial charge in [-0.05, 0) is 80.5 Å². The van der Waals surface area contributed by atoms with E-state index in [0.717, 1.165) is 22.2 Å². The maximum absolute atomic E-state index is 12.7. The molecule has 1 aliphatic heterocycles. The Bertz CT molecular complexity index is 1280. The van der Waals surface area contributed by atoms with Crippen molar-refractivity contribution in [2.24, 2.45) is 7.05 Å². The fourth-order valence-corrected chi connectivity index (χ4v) is 5.64. The summed E-state index contributed by atoms with van der Waals surface area (Å²) in [6.07, 6.45) is 4.56. The third-order valence-electron chi connectivity index (χ3n) is 6.92. The summed E-state index contributed by atoms with van der Waals surface area (Å²) in [7, 11) is 1.76. The van der Waals surface area contributed by atoms with E-state index < -0.39 is 5.54 Å². The van der Waals surface area contributed by atoms with E-state index in [1.165, 1.54) is 6.08 Å². The first-order chi connectivity index (χ1) is 15.7. The van der Waals surface area contributed by atoms with Gasteiger partial charge in [-0.1, -0.05) is 36.4 Å². The molecule has 172 valence electrons. The molecule has 0 saturated carbocycles. The van der Waals surface area contributed by atoms with Gasteiger partial charge in [0.1, 0.15) is 0 Å². The van der Waals surface area contributed by atoms with Crippen molar-refractivity contribution in [2.45, 2.75) is 51.2 Å². The van der Waals surface area contributed by atoms with Gasteiger partial charge in [0.25, 0.3) is 5.56 Å². The highest BCUT2D eigenvalue weighted by atomic mass is 35.5. The van der Waals surface area contributed by atoms with Crippen molar-refractivity contribution in [3.63, 3.8) is 0 Å². The summed E-state index contributed by atoms with van der Waals surface area (Å²) in [5.74, 6) is -0.0550.